The van der Waals surface area contributed by atoms with Gasteiger partial charge in [-0.2, -0.15) is 0 Å². The first-order valence-electron chi connectivity index (χ1n) is 9.96. The van der Waals surface area contributed by atoms with E-state index in [0.717, 1.165) is 37.0 Å². The highest BCUT2D eigenvalue weighted by atomic mass is 16.2. The molecule has 0 bridgehead atoms. The zero-order valence-corrected chi connectivity index (χ0v) is 16.2. The molecule has 3 nitrogen and oxygen atoms in total. The number of para-hydroxylation sites is 1. The number of hydrogen-bond donors (Lipinski definition) is 0. The van der Waals surface area contributed by atoms with Crippen molar-refractivity contribution < 1.29 is 4.79 Å². The maximum atomic E-state index is 12.7. The maximum absolute atomic E-state index is 12.7. The summed E-state index contributed by atoms with van der Waals surface area (Å²) in [7, 11) is 0. The molecule has 3 aromatic rings. The Kier molecular flexibility index (Phi) is 5.54. The molecule has 0 N–H and O–H groups in total. The molecule has 0 radical (unpaired) electrons. The van der Waals surface area contributed by atoms with E-state index < -0.39 is 0 Å². The van der Waals surface area contributed by atoms with Crippen LogP contribution in [0.3, 0.4) is 0 Å². The Bertz CT molecular complexity index is 1010. The molecular formula is C25H26N2O. The number of benzene rings is 2. The van der Waals surface area contributed by atoms with Gasteiger partial charge in [0.05, 0.1) is 5.52 Å². The molecule has 0 amide bonds. The molecular weight excluding hydrogens is 344 g/mol. The molecule has 0 saturated heterocycles. The highest BCUT2D eigenvalue weighted by Crippen LogP contribution is 2.31. The molecule has 0 atom stereocenters. The van der Waals surface area contributed by atoms with Gasteiger partial charge >= 0.3 is 0 Å². The van der Waals surface area contributed by atoms with Crippen LogP contribution in [0.4, 0.5) is 0 Å². The summed E-state index contributed by atoms with van der Waals surface area (Å²) >= 11 is 0. The van der Waals surface area contributed by atoms with Crippen molar-refractivity contribution in [2.24, 2.45) is 0 Å². The Labute approximate surface area is 166 Å². The van der Waals surface area contributed by atoms with Crippen molar-refractivity contribution in [2.75, 3.05) is 13.1 Å². The Morgan fingerprint density at radius 1 is 1.07 bits per heavy atom. The van der Waals surface area contributed by atoms with Gasteiger partial charge < -0.3 is 0 Å². The molecule has 1 aliphatic heterocycles. The number of carbonyl (C=O) groups excluding carboxylic acids is 1. The van der Waals surface area contributed by atoms with Gasteiger partial charge in [0.25, 0.3) is 0 Å². The molecule has 0 fully saturated rings. The molecule has 142 valence electrons. The molecule has 0 unspecified atom stereocenters. The van der Waals surface area contributed by atoms with Crippen LogP contribution < -0.4 is 0 Å². The van der Waals surface area contributed by atoms with Gasteiger partial charge in [0, 0.05) is 43.2 Å². The van der Waals surface area contributed by atoms with E-state index in [2.05, 4.69) is 60.0 Å². The van der Waals surface area contributed by atoms with E-state index in [1.54, 1.807) is 6.08 Å². The highest BCUT2D eigenvalue weighted by molar-refractivity contribution is 5.99. The van der Waals surface area contributed by atoms with Gasteiger partial charge in [0.1, 0.15) is 0 Å². The average molecular weight is 370 g/mol. The van der Waals surface area contributed by atoms with Crippen LogP contribution in [0.15, 0.2) is 79.5 Å². The summed E-state index contributed by atoms with van der Waals surface area (Å²) in [5, 5.41) is 1.16. The smallest absolute Gasteiger partial charge is 0.231 e. The first-order valence-corrected chi connectivity index (χ1v) is 9.96. The van der Waals surface area contributed by atoms with Crippen LogP contribution in [0.1, 0.15) is 35.2 Å². The summed E-state index contributed by atoms with van der Waals surface area (Å²) in [6, 6.07) is 18.8. The molecule has 1 aliphatic rings. The van der Waals surface area contributed by atoms with Gasteiger partial charge in [0.15, 0.2) is 0 Å². The van der Waals surface area contributed by atoms with E-state index in [9.17, 15) is 4.79 Å². The van der Waals surface area contributed by atoms with Crippen molar-refractivity contribution in [2.45, 2.75) is 25.8 Å². The Morgan fingerprint density at radius 2 is 1.86 bits per heavy atom. The third-order valence-corrected chi connectivity index (χ3v) is 5.43. The van der Waals surface area contributed by atoms with Crippen LogP contribution in [-0.2, 0) is 6.54 Å². The van der Waals surface area contributed by atoms with Gasteiger partial charge in [-0.05, 0) is 30.0 Å². The van der Waals surface area contributed by atoms with Crippen molar-refractivity contribution in [1.29, 1.82) is 0 Å². The second-order valence-corrected chi connectivity index (χ2v) is 7.35. The van der Waals surface area contributed by atoms with Crippen LogP contribution in [0, 0.1) is 0 Å². The van der Waals surface area contributed by atoms with Crippen LogP contribution in [0.25, 0.3) is 16.5 Å². The van der Waals surface area contributed by atoms with Crippen LogP contribution in [0.5, 0.6) is 0 Å². The van der Waals surface area contributed by atoms with E-state index in [1.807, 2.05) is 22.9 Å². The van der Waals surface area contributed by atoms with E-state index >= 15 is 0 Å². The standard InChI is InChI=1S/C25H26N2O/c1-2-3-13-25(28)27-19-23(22-11-7-8-12-24(22)27)21-14-16-26(17-15-21)18-20-9-5-4-6-10-20/h2,4-12,14,19H,1,3,13,15-18H2. The minimum atomic E-state index is 0.129. The summed E-state index contributed by atoms with van der Waals surface area (Å²) in [4.78, 5) is 15.1. The average Bonchev–Trinajstić information content (AvgIpc) is 3.13. The van der Waals surface area contributed by atoms with Crippen molar-refractivity contribution in [3.8, 4) is 0 Å². The molecule has 0 spiro atoms. The summed E-state index contributed by atoms with van der Waals surface area (Å²) in [5.74, 6) is 0.129. The monoisotopic (exact) mass is 370 g/mol. The lowest BCUT2D eigenvalue weighted by Crippen LogP contribution is -2.27. The molecule has 28 heavy (non-hydrogen) atoms. The Balaban J connectivity index is 1.57. The second kappa shape index (κ2) is 8.41. The molecule has 2 heterocycles. The number of fused-ring (bicyclic) bond motifs is 1. The first-order chi connectivity index (χ1) is 13.8. The normalized spacial score (nSPS) is 14.8. The van der Waals surface area contributed by atoms with E-state index in [0.29, 0.717) is 12.8 Å². The molecule has 3 heteroatoms. The fourth-order valence-corrected chi connectivity index (χ4v) is 3.93. The van der Waals surface area contributed by atoms with Crippen molar-refractivity contribution in [1.82, 2.24) is 9.47 Å². The van der Waals surface area contributed by atoms with Gasteiger partial charge in [-0.1, -0.05) is 60.7 Å². The Hall–Kier alpha value is -2.91. The van der Waals surface area contributed by atoms with Gasteiger partial charge in [-0.15, -0.1) is 6.58 Å². The predicted molar refractivity (Wildman–Crippen MR) is 116 cm³/mol. The number of allylic oxidation sites excluding steroid dienone is 1. The van der Waals surface area contributed by atoms with Crippen molar-refractivity contribution in [3.05, 3.63) is 90.7 Å². The number of hydrogen-bond acceptors (Lipinski definition) is 2. The van der Waals surface area contributed by atoms with E-state index in [4.69, 9.17) is 0 Å². The van der Waals surface area contributed by atoms with E-state index in [1.165, 1.54) is 16.7 Å². The largest absolute Gasteiger partial charge is 0.295 e. The lowest BCUT2D eigenvalue weighted by molar-refractivity contribution is 0.0909. The first kappa shape index (κ1) is 18.5. The third kappa shape index (κ3) is 3.85. The van der Waals surface area contributed by atoms with Crippen molar-refractivity contribution >= 4 is 22.4 Å². The maximum Gasteiger partial charge on any atom is 0.231 e. The quantitative estimate of drug-likeness (QED) is 0.533. The summed E-state index contributed by atoms with van der Waals surface area (Å²) in [6.07, 6.45) is 8.36. The minimum absolute atomic E-state index is 0.129. The second-order valence-electron chi connectivity index (χ2n) is 7.35. The third-order valence-electron chi connectivity index (χ3n) is 5.43. The predicted octanol–water partition coefficient (Wildman–Crippen LogP) is 5.54. The lowest BCUT2D eigenvalue weighted by atomic mass is 9.98. The zero-order valence-electron chi connectivity index (χ0n) is 16.2. The fourth-order valence-electron chi connectivity index (χ4n) is 3.93. The molecule has 1 aromatic heterocycles. The number of rotatable bonds is 6. The minimum Gasteiger partial charge on any atom is -0.295 e. The molecule has 2 aromatic carbocycles. The zero-order chi connectivity index (χ0) is 19.3. The number of aromatic nitrogens is 1. The topological polar surface area (TPSA) is 25.2 Å². The SMILES string of the molecule is C=CCCC(=O)n1cc(C2=CCN(Cc3ccccc3)CC2)c2ccccc21. The van der Waals surface area contributed by atoms with Crippen molar-refractivity contribution in [3.63, 3.8) is 0 Å². The summed E-state index contributed by atoms with van der Waals surface area (Å²) < 4.78 is 1.82. The van der Waals surface area contributed by atoms with Gasteiger partial charge in [-0.25, -0.2) is 0 Å². The van der Waals surface area contributed by atoms with E-state index in [-0.39, 0.29) is 5.91 Å². The Morgan fingerprint density at radius 3 is 2.61 bits per heavy atom. The molecule has 0 aliphatic carbocycles. The molecule has 4 rings (SSSR count). The molecule has 0 saturated carbocycles. The fraction of sp³-hybridized carbons (Fsp3) is 0.240. The summed E-state index contributed by atoms with van der Waals surface area (Å²) in [5.41, 5.74) is 4.89. The highest BCUT2D eigenvalue weighted by Gasteiger charge is 2.19. The van der Waals surface area contributed by atoms with Gasteiger partial charge in [-0.3, -0.25) is 14.3 Å². The number of carbonyl (C=O) groups is 1. The summed E-state index contributed by atoms with van der Waals surface area (Å²) in [6.45, 7) is 6.68. The lowest BCUT2D eigenvalue weighted by Gasteiger charge is -2.26. The number of nitrogens with zero attached hydrogens (tertiary/aromatic N) is 2. The van der Waals surface area contributed by atoms with Crippen LogP contribution in [0.2, 0.25) is 0 Å². The van der Waals surface area contributed by atoms with Crippen LogP contribution in [-0.4, -0.2) is 28.5 Å². The van der Waals surface area contributed by atoms with Gasteiger partial charge in [0.2, 0.25) is 5.91 Å². The van der Waals surface area contributed by atoms with Crippen LogP contribution >= 0.6 is 0 Å².